The summed E-state index contributed by atoms with van der Waals surface area (Å²) in [5, 5.41) is 12.8. The summed E-state index contributed by atoms with van der Waals surface area (Å²) in [7, 11) is -7.70. The van der Waals surface area contributed by atoms with E-state index in [1.54, 1.807) is 0 Å². The largest absolute Gasteiger partial charge is 0.380 e. The molecule has 0 aliphatic heterocycles. The van der Waals surface area contributed by atoms with E-state index >= 15 is 0 Å². The van der Waals surface area contributed by atoms with Gasteiger partial charge in [0.2, 0.25) is 10.0 Å². The number of sulfone groups is 1. The van der Waals surface area contributed by atoms with Crippen molar-refractivity contribution < 1.29 is 16.8 Å². The summed E-state index contributed by atoms with van der Waals surface area (Å²) < 4.78 is 49.3. The maximum Gasteiger partial charge on any atom is 0.238 e. The number of nitrogens with two attached hydrogens (primary N) is 1. The molecule has 0 atom stereocenters. The fraction of sp³-hybridized carbons (Fsp3) is 0.211. The van der Waals surface area contributed by atoms with Crippen LogP contribution < -0.4 is 10.5 Å². The van der Waals surface area contributed by atoms with E-state index in [9.17, 15) is 16.8 Å². The van der Waals surface area contributed by atoms with E-state index in [0.717, 1.165) is 35.0 Å². The Morgan fingerprint density at radius 3 is 2.28 bits per heavy atom. The molecule has 8 nitrogen and oxygen atoms in total. The zero-order chi connectivity index (χ0) is 21.4. The van der Waals surface area contributed by atoms with Gasteiger partial charge in [0.25, 0.3) is 0 Å². The molecule has 2 aromatic carbocycles. The number of hydrogen-bond donors (Lipinski definition) is 2. The number of benzene rings is 2. The van der Waals surface area contributed by atoms with Gasteiger partial charge < -0.3 is 5.32 Å². The van der Waals surface area contributed by atoms with E-state index in [1.165, 1.54) is 12.1 Å². The summed E-state index contributed by atoms with van der Waals surface area (Å²) >= 11 is 0. The van der Waals surface area contributed by atoms with Gasteiger partial charge in [0, 0.05) is 24.1 Å². The van der Waals surface area contributed by atoms with Gasteiger partial charge in [0.15, 0.2) is 9.84 Å². The molecule has 1 heterocycles. The highest BCUT2D eigenvalue weighted by Crippen LogP contribution is 2.26. The molecule has 3 N–H and O–H groups in total. The Morgan fingerprint density at radius 1 is 1.03 bits per heavy atom. The second-order valence-electron chi connectivity index (χ2n) is 6.73. The minimum Gasteiger partial charge on any atom is -0.380 e. The third-order valence-corrected chi connectivity index (χ3v) is 6.63. The molecule has 0 amide bonds. The number of rotatable bonds is 6. The number of hydrogen-bond acceptors (Lipinski definition) is 6. The molecule has 1 aromatic heterocycles. The second-order valence-corrected chi connectivity index (χ2v) is 10.3. The van der Waals surface area contributed by atoms with Gasteiger partial charge in [-0.25, -0.2) is 26.7 Å². The molecular formula is C19H22N4O4S2. The molecule has 154 valence electrons. The standard InChI is InChI=1S/C19H22N4O4S2/c1-13-17(14(2)23(22-13)15-7-5-4-6-8-15)12-21-18-10-9-16(29(20,26)27)11-19(18)28(3,24)25/h4-11,21H,12H2,1-3H3,(H2,20,26,27). The van der Waals surface area contributed by atoms with Crippen LogP contribution in [0.2, 0.25) is 0 Å². The summed E-state index contributed by atoms with van der Waals surface area (Å²) in [4.78, 5) is -0.387. The average molecular weight is 435 g/mol. The van der Waals surface area contributed by atoms with Crippen molar-refractivity contribution in [2.24, 2.45) is 5.14 Å². The van der Waals surface area contributed by atoms with Gasteiger partial charge in [-0.1, -0.05) is 18.2 Å². The quantitative estimate of drug-likeness (QED) is 0.613. The van der Waals surface area contributed by atoms with Crippen LogP contribution in [0.15, 0.2) is 58.3 Å². The minimum absolute atomic E-state index is 0.130. The van der Waals surface area contributed by atoms with Crippen molar-refractivity contribution in [2.75, 3.05) is 11.6 Å². The van der Waals surface area contributed by atoms with Gasteiger partial charge in [0.05, 0.1) is 26.9 Å². The molecule has 10 heteroatoms. The van der Waals surface area contributed by atoms with Gasteiger partial charge in [0.1, 0.15) is 0 Å². The fourth-order valence-electron chi connectivity index (χ4n) is 3.07. The molecule has 0 saturated carbocycles. The Balaban J connectivity index is 1.96. The maximum absolute atomic E-state index is 12.2. The topological polar surface area (TPSA) is 124 Å². The molecule has 0 radical (unpaired) electrons. The molecule has 29 heavy (non-hydrogen) atoms. The Labute approximate surface area is 170 Å². The highest BCUT2D eigenvalue weighted by Gasteiger charge is 2.19. The molecule has 0 aliphatic rings. The summed E-state index contributed by atoms with van der Waals surface area (Å²) in [5.41, 5.74) is 3.87. The van der Waals surface area contributed by atoms with Crippen LogP contribution in [0.5, 0.6) is 0 Å². The third-order valence-electron chi connectivity index (χ3n) is 4.58. The second kappa shape index (κ2) is 7.62. The van der Waals surface area contributed by atoms with Crippen LogP contribution in [-0.4, -0.2) is 32.9 Å². The van der Waals surface area contributed by atoms with Crippen molar-refractivity contribution >= 4 is 25.5 Å². The lowest BCUT2D eigenvalue weighted by molar-refractivity contribution is 0.597. The predicted octanol–water partition coefficient (Wildman–Crippen LogP) is 2.15. The van der Waals surface area contributed by atoms with Gasteiger partial charge in [-0.3, -0.25) is 0 Å². The number of aryl methyl sites for hydroxylation is 1. The zero-order valence-electron chi connectivity index (χ0n) is 16.2. The number of aromatic nitrogens is 2. The van der Waals surface area contributed by atoms with Crippen molar-refractivity contribution in [3.05, 3.63) is 65.5 Å². The van der Waals surface area contributed by atoms with Crippen LogP contribution in [0.1, 0.15) is 17.0 Å². The fourth-order valence-corrected chi connectivity index (χ4v) is 4.56. The number of primary sulfonamides is 1. The molecule has 0 bridgehead atoms. The summed E-state index contributed by atoms with van der Waals surface area (Å²) in [6.07, 6.45) is 1.02. The van der Waals surface area contributed by atoms with Gasteiger partial charge in [-0.2, -0.15) is 5.10 Å². The summed E-state index contributed by atoms with van der Waals surface area (Å²) in [5.74, 6) is 0. The van der Waals surface area contributed by atoms with E-state index in [4.69, 9.17) is 5.14 Å². The molecule has 0 fully saturated rings. The Kier molecular flexibility index (Phi) is 5.52. The van der Waals surface area contributed by atoms with E-state index in [2.05, 4.69) is 10.4 Å². The monoisotopic (exact) mass is 434 g/mol. The number of nitrogens with one attached hydrogen (secondary N) is 1. The van der Waals surface area contributed by atoms with Crippen LogP contribution in [0.3, 0.4) is 0 Å². The first-order valence-corrected chi connectivity index (χ1v) is 12.1. The molecule has 3 aromatic rings. The lowest BCUT2D eigenvalue weighted by atomic mass is 10.2. The first-order valence-electron chi connectivity index (χ1n) is 8.70. The molecule has 0 unspecified atom stereocenters. The Bertz CT molecular complexity index is 1270. The lowest BCUT2D eigenvalue weighted by Gasteiger charge is -2.13. The lowest BCUT2D eigenvalue weighted by Crippen LogP contribution is -2.14. The number of sulfonamides is 1. The minimum atomic E-state index is -4.02. The van der Waals surface area contributed by atoms with E-state index < -0.39 is 19.9 Å². The Morgan fingerprint density at radius 2 is 1.69 bits per heavy atom. The van der Waals surface area contributed by atoms with E-state index in [-0.39, 0.29) is 9.79 Å². The molecule has 0 saturated heterocycles. The van der Waals surface area contributed by atoms with E-state index in [1.807, 2.05) is 48.9 Å². The first kappa shape index (κ1) is 21.0. The van der Waals surface area contributed by atoms with Crippen LogP contribution in [0.4, 0.5) is 5.69 Å². The van der Waals surface area contributed by atoms with Crippen molar-refractivity contribution in [3.63, 3.8) is 0 Å². The highest BCUT2D eigenvalue weighted by molar-refractivity contribution is 7.91. The average Bonchev–Trinajstić information content (AvgIpc) is 2.93. The molecule has 3 rings (SSSR count). The number of anilines is 1. The van der Waals surface area contributed by atoms with Gasteiger partial charge in [-0.15, -0.1) is 0 Å². The predicted molar refractivity (Wildman–Crippen MR) is 111 cm³/mol. The number of para-hydroxylation sites is 1. The van der Waals surface area contributed by atoms with Crippen molar-refractivity contribution in [1.82, 2.24) is 9.78 Å². The number of nitrogens with zero attached hydrogens (tertiary/aromatic N) is 2. The van der Waals surface area contributed by atoms with Crippen molar-refractivity contribution in [2.45, 2.75) is 30.2 Å². The van der Waals surface area contributed by atoms with Gasteiger partial charge >= 0.3 is 0 Å². The van der Waals surface area contributed by atoms with Crippen LogP contribution in [0, 0.1) is 13.8 Å². The van der Waals surface area contributed by atoms with Gasteiger partial charge in [-0.05, 0) is 44.2 Å². The summed E-state index contributed by atoms with van der Waals surface area (Å²) in [6, 6.07) is 13.4. The van der Waals surface area contributed by atoms with Crippen molar-refractivity contribution in [1.29, 1.82) is 0 Å². The summed E-state index contributed by atoms with van der Waals surface area (Å²) in [6.45, 7) is 4.14. The normalized spacial score (nSPS) is 12.1. The zero-order valence-corrected chi connectivity index (χ0v) is 17.9. The van der Waals surface area contributed by atoms with Crippen LogP contribution >= 0.6 is 0 Å². The van der Waals surface area contributed by atoms with Crippen LogP contribution in [0.25, 0.3) is 5.69 Å². The molecular weight excluding hydrogens is 412 g/mol. The Hall–Kier alpha value is -2.69. The molecule has 0 spiro atoms. The van der Waals surface area contributed by atoms with E-state index in [0.29, 0.717) is 12.2 Å². The molecule has 0 aliphatic carbocycles. The van der Waals surface area contributed by atoms with Crippen LogP contribution in [-0.2, 0) is 26.4 Å². The maximum atomic E-state index is 12.2. The van der Waals surface area contributed by atoms with Crippen molar-refractivity contribution in [3.8, 4) is 5.69 Å². The highest BCUT2D eigenvalue weighted by atomic mass is 32.2. The SMILES string of the molecule is Cc1nn(-c2ccccc2)c(C)c1CNc1ccc(S(N)(=O)=O)cc1S(C)(=O)=O. The smallest absolute Gasteiger partial charge is 0.238 e. The third kappa shape index (κ3) is 4.50. The first-order chi connectivity index (χ1) is 13.5.